The van der Waals surface area contributed by atoms with Crippen molar-refractivity contribution in [2.75, 3.05) is 5.32 Å². The van der Waals surface area contributed by atoms with Crippen LogP contribution in [0.1, 0.15) is 22.4 Å². The van der Waals surface area contributed by atoms with Crippen molar-refractivity contribution < 1.29 is 9.21 Å². The highest BCUT2D eigenvalue weighted by molar-refractivity contribution is 5.96. The maximum Gasteiger partial charge on any atom is 0.336 e. The molecule has 0 saturated carbocycles. The molecule has 0 aliphatic carbocycles. The first kappa shape index (κ1) is 16.0. The van der Waals surface area contributed by atoms with Gasteiger partial charge in [-0.3, -0.25) is 9.48 Å². The van der Waals surface area contributed by atoms with Gasteiger partial charge in [-0.15, -0.1) is 0 Å². The number of fused-ring (bicyclic) bond motifs is 1. The van der Waals surface area contributed by atoms with E-state index in [-0.39, 0.29) is 18.0 Å². The number of nitrogens with zero attached hydrogens (tertiary/aromatic N) is 2. The molecule has 24 heavy (non-hydrogen) atoms. The number of hydrogen-bond acceptors (Lipinski definition) is 4. The first-order valence-corrected chi connectivity index (χ1v) is 7.67. The van der Waals surface area contributed by atoms with Gasteiger partial charge in [-0.1, -0.05) is 0 Å². The lowest BCUT2D eigenvalue weighted by molar-refractivity contribution is -0.115. The molecule has 3 rings (SSSR count). The van der Waals surface area contributed by atoms with E-state index in [2.05, 4.69) is 10.4 Å². The van der Waals surface area contributed by atoms with Crippen LogP contribution in [0.2, 0.25) is 0 Å². The summed E-state index contributed by atoms with van der Waals surface area (Å²) in [6.45, 7) is 5.60. The fourth-order valence-electron chi connectivity index (χ4n) is 2.79. The van der Waals surface area contributed by atoms with Gasteiger partial charge in [0.25, 0.3) is 0 Å². The van der Waals surface area contributed by atoms with Gasteiger partial charge >= 0.3 is 5.63 Å². The normalized spacial score (nSPS) is 11.0. The second kappa shape index (κ2) is 5.96. The fraction of sp³-hybridized carbons (Fsp3) is 0.278. The van der Waals surface area contributed by atoms with E-state index in [9.17, 15) is 9.59 Å². The molecule has 3 aromatic rings. The molecule has 0 bridgehead atoms. The number of hydrogen-bond donors (Lipinski definition) is 1. The maximum absolute atomic E-state index is 12.3. The Morgan fingerprint density at radius 1 is 1.21 bits per heavy atom. The molecule has 1 N–H and O–H groups in total. The third-order valence-electron chi connectivity index (χ3n) is 4.04. The Hall–Kier alpha value is -2.89. The molecule has 0 aliphatic rings. The summed E-state index contributed by atoms with van der Waals surface area (Å²) in [5.41, 5.74) is 4.27. The molecule has 2 heterocycles. The summed E-state index contributed by atoms with van der Waals surface area (Å²) in [5.74, 6) is -0.108. The van der Waals surface area contributed by atoms with E-state index in [1.165, 1.54) is 6.07 Å². The third-order valence-corrected chi connectivity index (χ3v) is 4.04. The van der Waals surface area contributed by atoms with Crippen molar-refractivity contribution >= 4 is 22.6 Å². The van der Waals surface area contributed by atoms with Crippen molar-refractivity contribution in [2.45, 2.75) is 27.2 Å². The molecule has 6 nitrogen and oxygen atoms in total. The van der Waals surface area contributed by atoms with Gasteiger partial charge in [-0.05, 0) is 44.0 Å². The minimum Gasteiger partial charge on any atom is -0.423 e. The Morgan fingerprint density at radius 3 is 2.62 bits per heavy atom. The highest BCUT2D eigenvalue weighted by Crippen LogP contribution is 2.25. The Balaban J connectivity index is 1.89. The van der Waals surface area contributed by atoms with Crippen LogP contribution < -0.4 is 10.9 Å². The average molecular weight is 325 g/mol. The number of rotatable bonds is 3. The van der Waals surface area contributed by atoms with Gasteiger partial charge in [0.1, 0.15) is 5.58 Å². The van der Waals surface area contributed by atoms with Crippen LogP contribution in [-0.4, -0.2) is 15.7 Å². The number of anilines is 1. The maximum atomic E-state index is 12.3. The molecule has 0 unspecified atom stereocenters. The monoisotopic (exact) mass is 325 g/mol. The van der Waals surface area contributed by atoms with Crippen molar-refractivity contribution in [1.29, 1.82) is 0 Å². The molecule has 0 spiro atoms. The van der Waals surface area contributed by atoms with E-state index in [0.29, 0.717) is 11.3 Å². The van der Waals surface area contributed by atoms with E-state index in [4.69, 9.17) is 4.42 Å². The van der Waals surface area contributed by atoms with Crippen LogP contribution >= 0.6 is 0 Å². The largest absolute Gasteiger partial charge is 0.423 e. The molecule has 0 fully saturated rings. The second-order valence-corrected chi connectivity index (χ2v) is 6.05. The molecule has 1 amide bonds. The van der Waals surface area contributed by atoms with Crippen molar-refractivity contribution in [3.63, 3.8) is 0 Å². The molecule has 2 aromatic heterocycles. The van der Waals surface area contributed by atoms with E-state index in [1.54, 1.807) is 10.7 Å². The van der Waals surface area contributed by atoms with Gasteiger partial charge in [-0.2, -0.15) is 5.10 Å². The van der Waals surface area contributed by atoms with Gasteiger partial charge in [0.2, 0.25) is 5.91 Å². The van der Waals surface area contributed by atoms with E-state index >= 15 is 0 Å². The lowest BCUT2D eigenvalue weighted by atomic mass is 10.1. The predicted molar refractivity (Wildman–Crippen MR) is 92.2 cm³/mol. The summed E-state index contributed by atoms with van der Waals surface area (Å²) in [6, 6.07) is 5.06. The van der Waals surface area contributed by atoms with Crippen molar-refractivity contribution in [3.05, 3.63) is 57.2 Å². The molecule has 124 valence electrons. The van der Waals surface area contributed by atoms with Crippen molar-refractivity contribution in [3.8, 4) is 0 Å². The topological polar surface area (TPSA) is 77.1 Å². The first-order valence-electron chi connectivity index (χ1n) is 7.67. The molecule has 0 saturated heterocycles. The smallest absolute Gasteiger partial charge is 0.336 e. The van der Waals surface area contributed by atoms with Crippen LogP contribution in [0.4, 0.5) is 5.69 Å². The summed E-state index contributed by atoms with van der Waals surface area (Å²) in [4.78, 5) is 23.8. The summed E-state index contributed by atoms with van der Waals surface area (Å²) in [7, 11) is 1.83. The zero-order chi connectivity index (χ0) is 17.4. The quantitative estimate of drug-likeness (QED) is 0.751. The SMILES string of the molecule is Cc1cc2oc(=O)cc(C)c2cc1NC(=O)Cc1cn(C)nc1C. The van der Waals surface area contributed by atoms with Crippen LogP contribution in [0.15, 0.2) is 33.6 Å². The van der Waals surface area contributed by atoms with Crippen LogP contribution in [0, 0.1) is 20.8 Å². The minimum atomic E-state index is -0.372. The highest BCUT2D eigenvalue weighted by atomic mass is 16.4. The van der Waals surface area contributed by atoms with Crippen LogP contribution in [0.5, 0.6) is 0 Å². The Morgan fingerprint density at radius 2 is 1.96 bits per heavy atom. The van der Waals surface area contributed by atoms with E-state index < -0.39 is 0 Å². The predicted octanol–water partition coefficient (Wildman–Crippen LogP) is 2.63. The van der Waals surface area contributed by atoms with Gasteiger partial charge < -0.3 is 9.73 Å². The van der Waals surface area contributed by atoms with Gasteiger partial charge in [0.15, 0.2) is 0 Å². The molecule has 0 atom stereocenters. The Kier molecular flexibility index (Phi) is 3.97. The third kappa shape index (κ3) is 3.08. The number of nitrogens with one attached hydrogen (secondary N) is 1. The van der Waals surface area contributed by atoms with Gasteiger partial charge in [0, 0.05) is 35.9 Å². The molecule has 1 aromatic carbocycles. The fourth-order valence-corrected chi connectivity index (χ4v) is 2.79. The van der Waals surface area contributed by atoms with Crippen LogP contribution in [-0.2, 0) is 18.3 Å². The van der Waals surface area contributed by atoms with Crippen LogP contribution in [0.3, 0.4) is 0 Å². The number of benzene rings is 1. The van der Waals surface area contributed by atoms with Gasteiger partial charge in [-0.25, -0.2) is 4.79 Å². The average Bonchev–Trinajstić information content (AvgIpc) is 2.78. The van der Waals surface area contributed by atoms with E-state index in [0.717, 1.165) is 27.8 Å². The molecular formula is C18H19N3O3. The molecule has 6 heteroatoms. The molecule has 0 aliphatic heterocycles. The summed E-state index contributed by atoms with van der Waals surface area (Å²) in [5, 5.41) is 7.99. The number of aryl methyl sites for hydroxylation is 4. The minimum absolute atomic E-state index is 0.108. The van der Waals surface area contributed by atoms with Crippen molar-refractivity contribution in [2.24, 2.45) is 7.05 Å². The first-order chi connectivity index (χ1) is 11.3. The highest BCUT2D eigenvalue weighted by Gasteiger charge is 2.12. The van der Waals surface area contributed by atoms with E-state index in [1.807, 2.05) is 40.1 Å². The Labute approximate surface area is 139 Å². The standard InChI is InChI=1S/C18H19N3O3/c1-10-6-18(23)24-16-5-11(2)15(8-14(10)16)19-17(22)7-13-9-21(4)20-12(13)3/h5-6,8-9H,7H2,1-4H3,(H,19,22). The van der Waals surface area contributed by atoms with Crippen molar-refractivity contribution in [1.82, 2.24) is 9.78 Å². The summed E-state index contributed by atoms with van der Waals surface area (Å²) >= 11 is 0. The Bertz CT molecular complexity index is 999. The van der Waals surface area contributed by atoms with Gasteiger partial charge in [0.05, 0.1) is 12.1 Å². The number of amides is 1. The summed E-state index contributed by atoms with van der Waals surface area (Å²) < 4.78 is 6.92. The lowest BCUT2D eigenvalue weighted by Gasteiger charge is -2.10. The number of carbonyl (C=O) groups excluding carboxylic acids is 1. The number of carbonyl (C=O) groups is 1. The second-order valence-electron chi connectivity index (χ2n) is 6.05. The zero-order valence-corrected chi connectivity index (χ0v) is 14.1. The van der Waals surface area contributed by atoms with Crippen LogP contribution in [0.25, 0.3) is 11.0 Å². The molecule has 0 radical (unpaired) electrons. The molecular weight excluding hydrogens is 306 g/mol. The number of aromatic nitrogens is 2. The zero-order valence-electron chi connectivity index (χ0n) is 14.1. The lowest BCUT2D eigenvalue weighted by Crippen LogP contribution is -2.15. The summed E-state index contributed by atoms with van der Waals surface area (Å²) in [6.07, 6.45) is 2.11.